The third kappa shape index (κ3) is 3.98. The second-order valence-electron chi connectivity index (χ2n) is 7.99. The number of aromatic nitrogens is 1. The Morgan fingerprint density at radius 3 is 2.66 bits per heavy atom. The molecule has 7 heteroatoms. The summed E-state index contributed by atoms with van der Waals surface area (Å²) in [5.41, 5.74) is 4.19. The maximum Gasteiger partial charge on any atom is 0.255 e. The summed E-state index contributed by atoms with van der Waals surface area (Å²) in [6.45, 7) is 3.73. The molecule has 7 nitrogen and oxygen atoms in total. The van der Waals surface area contributed by atoms with Crippen molar-refractivity contribution in [2.24, 2.45) is 0 Å². The van der Waals surface area contributed by atoms with E-state index in [4.69, 9.17) is 9.47 Å². The third-order valence-corrected chi connectivity index (χ3v) is 5.90. The zero-order valence-corrected chi connectivity index (χ0v) is 18.7. The fourth-order valence-corrected chi connectivity index (χ4v) is 4.46. The predicted molar refractivity (Wildman–Crippen MR) is 122 cm³/mol. The van der Waals surface area contributed by atoms with E-state index in [9.17, 15) is 9.59 Å². The van der Waals surface area contributed by atoms with Gasteiger partial charge in [0.15, 0.2) is 5.78 Å². The van der Waals surface area contributed by atoms with Gasteiger partial charge in [0.25, 0.3) is 5.91 Å². The first-order valence-electron chi connectivity index (χ1n) is 10.6. The second kappa shape index (κ2) is 8.86. The zero-order valence-electron chi connectivity index (χ0n) is 18.7. The number of ether oxygens (including phenoxy) is 2. The lowest BCUT2D eigenvalue weighted by Crippen LogP contribution is -2.35. The van der Waals surface area contributed by atoms with E-state index >= 15 is 0 Å². The van der Waals surface area contributed by atoms with Crippen molar-refractivity contribution in [1.29, 1.82) is 0 Å². The molecule has 1 atom stereocenters. The number of hydrogen-bond acceptors (Lipinski definition) is 6. The van der Waals surface area contributed by atoms with Crippen LogP contribution in [0.4, 0.5) is 5.82 Å². The van der Waals surface area contributed by atoms with Gasteiger partial charge in [-0.2, -0.15) is 0 Å². The van der Waals surface area contributed by atoms with Gasteiger partial charge in [-0.25, -0.2) is 4.98 Å². The largest absolute Gasteiger partial charge is 0.497 e. The number of amides is 1. The van der Waals surface area contributed by atoms with Gasteiger partial charge >= 0.3 is 0 Å². The lowest BCUT2D eigenvalue weighted by Gasteiger charge is -2.35. The molecule has 1 aromatic heterocycles. The molecule has 166 valence electrons. The highest BCUT2D eigenvalue weighted by Gasteiger charge is 2.40. The number of carbonyl (C=O) groups is 2. The molecule has 2 heterocycles. The van der Waals surface area contributed by atoms with Gasteiger partial charge in [-0.3, -0.25) is 9.59 Å². The first-order valence-corrected chi connectivity index (χ1v) is 10.6. The van der Waals surface area contributed by atoms with Gasteiger partial charge in [0.1, 0.15) is 17.3 Å². The van der Waals surface area contributed by atoms with Crippen LogP contribution in [0.5, 0.6) is 11.5 Å². The van der Waals surface area contributed by atoms with Crippen molar-refractivity contribution in [3.05, 3.63) is 70.2 Å². The third-order valence-electron chi connectivity index (χ3n) is 5.90. The summed E-state index contributed by atoms with van der Waals surface area (Å²) in [4.78, 5) is 31.1. The number of dihydropyridines is 1. The number of benzene rings is 1. The Kier molecular flexibility index (Phi) is 5.99. The molecule has 0 spiro atoms. The number of methoxy groups -OCH3 is 2. The maximum absolute atomic E-state index is 13.6. The number of anilines is 1. The maximum atomic E-state index is 13.6. The molecule has 4 rings (SSSR count). The molecule has 2 aliphatic rings. The van der Waals surface area contributed by atoms with Gasteiger partial charge in [-0.05, 0) is 57.0 Å². The van der Waals surface area contributed by atoms with Crippen molar-refractivity contribution in [2.45, 2.75) is 39.0 Å². The zero-order chi connectivity index (χ0) is 22.8. The summed E-state index contributed by atoms with van der Waals surface area (Å²) in [6.07, 6.45) is 2.00. The van der Waals surface area contributed by atoms with Crippen LogP contribution < -0.4 is 20.1 Å². The summed E-state index contributed by atoms with van der Waals surface area (Å²) in [5, 5.41) is 6.23. The number of rotatable bonds is 5. The normalized spacial score (nSPS) is 18.1. The summed E-state index contributed by atoms with van der Waals surface area (Å²) in [7, 11) is 3.17. The SMILES string of the molecule is COc1ccc(OC)c(C2C(C(=O)Nc3cccc(C)n3)=C(C)NC3=C2C(=O)CCC3)c1. The fraction of sp³-hybridized carbons (Fsp3) is 0.320. The van der Waals surface area contributed by atoms with Crippen LogP contribution in [0.1, 0.15) is 43.4 Å². The lowest BCUT2D eigenvalue weighted by atomic mass is 9.74. The first-order chi connectivity index (χ1) is 15.4. The molecule has 0 bridgehead atoms. The number of hydrogen-bond donors (Lipinski definition) is 2. The molecule has 32 heavy (non-hydrogen) atoms. The van der Waals surface area contributed by atoms with Gasteiger partial charge in [0.2, 0.25) is 0 Å². The molecule has 0 saturated heterocycles. The Morgan fingerprint density at radius 2 is 1.94 bits per heavy atom. The van der Waals surface area contributed by atoms with Gasteiger partial charge in [-0.1, -0.05) is 6.07 Å². The summed E-state index contributed by atoms with van der Waals surface area (Å²) < 4.78 is 11.1. The minimum Gasteiger partial charge on any atom is -0.497 e. The standard InChI is InChI=1S/C25H27N3O4/c1-14-7-5-10-21(26-14)28-25(30)22-15(2)27-18-8-6-9-19(29)24(18)23(22)17-13-16(31-3)11-12-20(17)32-4/h5,7,10-13,23,27H,6,8-9H2,1-4H3,(H,26,28,30). The monoisotopic (exact) mass is 433 g/mol. The molecule has 1 aliphatic heterocycles. The van der Waals surface area contributed by atoms with Gasteiger partial charge in [0, 0.05) is 40.2 Å². The van der Waals surface area contributed by atoms with Crippen molar-refractivity contribution in [1.82, 2.24) is 10.3 Å². The van der Waals surface area contributed by atoms with Crippen molar-refractivity contribution in [2.75, 3.05) is 19.5 Å². The number of aryl methyl sites for hydroxylation is 1. The Balaban J connectivity index is 1.86. The number of carbonyl (C=O) groups excluding carboxylic acids is 2. The number of ketones is 1. The predicted octanol–water partition coefficient (Wildman–Crippen LogP) is 4.01. The molecule has 1 aliphatic carbocycles. The first kappa shape index (κ1) is 21.6. The van der Waals surface area contributed by atoms with Crippen molar-refractivity contribution < 1.29 is 19.1 Å². The van der Waals surface area contributed by atoms with E-state index in [-0.39, 0.29) is 11.7 Å². The Bertz CT molecular complexity index is 1150. The number of Topliss-reactive ketones (excluding diaryl/α,β-unsaturated/α-hetero) is 1. The van der Waals surface area contributed by atoms with Crippen LogP contribution in [0.25, 0.3) is 0 Å². The van der Waals surface area contributed by atoms with E-state index in [0.29, 0.717) is 40.6 Å². The highest BCUT2D eigenvalue weighted by molar-refractivity contribution is 6.09. The minimum absolute atomic E-state index is 0.0418. The number of nitrogens with one attached hydrogen (secondary N) is 2. The molecule has 0 fully saturated rings. The smallest absolute Gasteiger partial charge is 0.255 e. The molecular formula is C25H27N3O4. The summed E-state index contributed by atoms with van der Waals surface area (Å²) in [5.74, 6) is 0.834. The van der Waals surface area contributed by atoms with Crippen molar-refractivity contribution in [3.63, 3.8) is 0 Å². The van der Waals surface area contributed by atoms with Crippen LogP contribution in [0.3, 0.4) is 0 Å². The lowest BCUT2D eigenvalue weighted by molar-refractivity contribution is -0.116. The van der Waals surface area contributed by atoms with Crippen molar-refractivity contribution in [3.8, 4) is 11.5 Å². The van der Waals surface area contributed by atoms with E-state index in [1.54, 1.807) is 32.4 Å². The summed E-state index contributed by atoms with van der Waals surface area (Å²) in [6, 6.07) is 10.9. The quantitative estimate of drug-likeness (QED) is 0.741. The minimum atomic E-state index is -0.575. The van der Waals surface area contributed by atoms with Gasteiger partial charge in [-0.15, -0.1) is 0 Å². The molecule has 2 aromatic rings. The Morgan fingerprint density at radius 1 is 1.12 bits per heavy atom. The average Bonchev–Trinajstić information content (AvgIpc) is 2.77. The Labute approximate surface area is 187 Å². The van der Waals surface area contributed by atoms with Crippen LogP contribution in [-0.4, -0.2) is 30.9 Å². The highest BCUT2D eigenvalue weighted by Crippen LogP contribution is 2.46. The summed E-state index contributed by atoms with van der Waals surface area (Å²) >= 11 is 0. The van der Waals surface area contributed by atoms with E-state index in [2.05, 4.69) is 15.6 Å². The molecule has 2 N–H and O–H groups in total. The fourth-order valence-electron chi connectivity index (χ4n) is 4.46. The van der Waals surface area contributed by atoms with Crippen LogP contribution in [0.15, 0.2) is 58.9 Å². The molecule has 1 unspecified atom stereocenters. The van der Waals surface area contributed by atoms with Crippen LogP contribution in [0.2, 0.25) is 0 Å². The van der Waals surface area contributed by atoms with Gasteiger partial charge in [0.05, 0.1) is 20.1 Å². The van der Waals surface area contributed by atoms with Gasteiger partial charge < -0.3 is 20.1 Å². The Hall–Kier alpha value is -3.61. The van der Waals surface area contributed by atoms with Crippen LogP contribution in [-0.2, 0) is 9.59 Å². The molecular weight excluding hydrogens is 406 g/mol. The average molecular weight is 434 g/mol. The van der Waals surface area contributed by atoms with E-state index in [1.165, 1.54) is 0 Å². The van der Waals surface area contributed by atoms with E-state index in [0.717, 1.165) is 29.8 Å². The van der Waals surface area contributed by atoms with E-state index in [1.807, 2.05) is 32.0 Å². The van der Waals surface area contributed by atoms with Crippen LogP contribution in [0, 0.1) is 6.92 Å². The topological polar surface area (TPSA) is 89.6 Å². The molecule has 0 radical (unpaired) electrons. The second-order valence-corrected chi connectivity index (χ2v) is 7.99. The van der Waals surface area contributed by atoms with Crippen molar-refractivity contribution >= 4 is 17.5 Å². The molecule has 1 amide bonds. The number of allylic oxidation sites excluding steroid dienone is 3. The number of nitrogens with zero attached hydrogens (tertiary/aromatic N) is 1. The number of pyridine rings is 1. The van der Waals surface area contributed by atoms with Crippen LogP contribution >= 0.6 is 0 Å². The van der Waals surface area contributed by atoms with E-state index < -0.39 is 5.92 Å². The molecule has 0 saturated carbocycles. The highest BCUT2D eigenvalue weighted by atomic mass is 16.5. The molecule has 1 aromatic carbocycles.